The zero-order valence-corrected chi connectivity index (χ0v) is 28.3. The van der Waals surface area contributed by atoms with E-state index in [2.05, 4.69) is 27.7 Å². The lowest BCUT2D eigenvalue weighted by Gasteiger charge is -2.20. The smallest absolute Gasteiger partial charge is 0.305 e. The summed E-state index contributed by atoms with van der Waals surface area (Å²) >= 11 is 0. The molecule has 0 aliphatic heterocycles. The molecule has 0 aromatic carbocycles. The Kier molecular flexibility index (Phi) is 31.0. The van der Waals surface area contributed by atoms with E-state index < -0.39 is 0 Å². The topological polar surface area (TPSA) is 52.6 Å². The number of unbranched alkanes of at least 4 members (excludes halogenated alkanes) is 19. The third kappa shape index (κ3) is 30.2. The summed E-state index contributed by atoms with van der Waals surface area (Å²) in [5, 5.41) is 0. The third-order valence-corrected chi connectivity index (χ3v) is 8.63. The Hall–Kier alpha value is -1.06. The first-order valence-corrected chi connectivity index (χ1v) is 18.3. The molecule has 0 amide bonds. The van der Waals surface area contributed by atoms with Crippen LogP contribution in [0.5, 0.6) is 0 Å². The van der Waals surface area contributed by atoms with Crippen LogP contribution in [0.2, 0.25) is 0 Å². The maximum absolute atomic E-state index is 11.9. The average molecular weight is 581 g/mol. The molecule has 0 N–H and O–H groups in total. The maximum Gasteiger partial charge on any atom is 0.305 e. The van der Waals surface area contributed by atoms with Gasteiger partial charge in [-0.2, -0.15) is 0 Å². The molecule has 0 aliphatic rings. The zero-order chi connectivity index (χ0) is 30.2. The second-order valence-corrected chi connectivity index (χ2v) is 12.9. The first-order chi connectivity index (χ1) is 20.0. The van der Waals surface area contributed by atoms with Crippen molar-refractivity contribution in [1.82, 2.24) is 0 Å². The van der Waals surface area contributed by atoms with Gasteiger partial charge in [-0.15, -0.1) is 0 Å². The minimum Gasteiger partial charge on any atom is -0.466 e. The van der Waals surface area contributed by atoms with Gasteiger partial charge in [-0.05, 0) is 37.5 Å². The molecule has 0 rings (SSSR count). The van der Waals surface area contributed by atoms with Crippen LogP contribution in [0.4, 0.5) is 0 Å². The number of ether oxygens (including phenoxy) is 2. The fraction of sp³-hybridized carbons (Fsp3) is 0.946. The molecule has 0 saturated carbocycles. The summed E-state index contributed by atoms with van der Waals surface area (Å²) < 4.78 is 10.9. The van der Waals surface area contributed by atoms with E-state index in [1.54, 1.807) is 0 Å². The van der Waals surface area contributed by atoms with Crippen LogP contribution in [-0.2, 0) is 19.1 Å². The molecule has 0 radical (unpaired) electrons. The fourth-order valence-corrected chi connectivity index (χ4v) is 5.68. The SMILES string of the molecule is CCCCCCCCCC(=O)OCCCCCCCC(CCCCCCOC(=O)CCCCCCCCC)C(C)C. The molecule has 0 aromatic rings. The van der Waals surface area contributed by atoms with Crippen molar-refractivity contribution in [3.05, 3.63) is 0 Å². The number of hydrogen-bond acceptors (Lipinski definition) is 4. The van der Waals surface area contributed by atoms with Crippen molar-refractivity contribution >= 4 is 11.9 Å². The molecular formula is C37H72O4. The monoisotopic (exact) mass is 581 g/mol. The van der Waals surface area contributed by atoms with Crippen molar-refractivity contribution in [2.75, 3.05) is 13.2 Å². The van der Waals surface area contributed by atoms with Gasteiger partial charge in [-0.25, -0.2) is 0 Å². The zero-order valence-electron chi connectivity index (χ0n) is 28.3. The normalized spacial score (nSPS) is 12.1. The lowest BCUT2D eigenvalue weighted by Crippen LogP contribution is -2.09. The number of esters is 2. The van der Waals surface area contributed by atoms with E-state index in [-0.39, 0.29) is 11.9 Å². The Morgan fingerprint density at radius 3 is 1.12 bits per heavy atom. The van der Waals surface area contributed by atoms with Crippen LogP contribution >= 0.6 is 0 Å². The van der Waals surface area contributed by atoms with Crippen molar-refractivity contribution in [2.45, 2.75) is 201 Å². The summed E-state index contributed by atoms with van der Waals surface area (Å²) in [7, 11) is 0. The van der Waals surface area contributed by atoms with Crippen molar-refractivity contribution < 1.29 is 19.1 Å². The second-order valence-electron chi connectivity index (χ2n) is 12.9. The van der Waals surface area contributed by atoms with Crippen molar-refractivity contribution in [3.8, 4) is 0 Å². The lowest BCUT2D eigenvalue weighted by molar-refractivity contribution is -0.144. The van der Waals surface area contributed by atoms with Crippen LogP contribution in [0.3, 0.4) is 0 Å². The first kappa shape index (κ1) is 39.9. The van der Waals surface area contributed by atoms with E-state index in [9.17, 15) is 9.59 Å². The van der Waals surface area contributed by atoms with E-state index in [1.807, 2.05) is 0 Å². The first-order valence-electron chi connectivity index (χ1n) is 18.3. The molecule has 0 aromatic heterocycles. The largest absolute Gasteiger partial charge is 0.466 e. The molecule has 244 valence electrons. The van der Waals surface area contributed by atoms with Gasteiger partial charge < -0.3 is 9.47 Å². The molecule has 0 fully saturated rings. The number of carbonyl (C=O) groups excluding carboxylic acids is 2. The van der Waals surface area contributed by atoms with Gasteiger partial charge in [-0.1, -0.05) is 163 Å². The minimum atomic E-state index is -0.00171. The molecule has 0 saturated heterocycles. The van der Waals surface area contributed by atoms with E-state index in [1.165, 1.54) is 122 Å². The summed E-state index contributed by atoms with van der Waals surface area (Å²) in [5.41, 5.74) is 0. The van der Waals surface area contributed by atoms with Crippen molar-refractivity contribution in [3.63, 3.8) is 0 Å². The van der Waals surface area contributed by atoms with Gasteiger partial charge in [0, 0.05) is 12.8 Å². The summed E-state index contributed by atoms with van der Waals surface area (Å²) in [6.45, 7) is 10.4. The molecule has 0 aliphatic carbocycles. The van der Waals surface area contributed by atoms with Gasteiger partial charge in [0.2, 0.25) is 0 Å². The Morgan fingerprint density at radius 2 is 0.756 bits per heavy atom. The maximum atomic E-state index is 11.9. The summed E-state index contributed by atoms with van der Waals surface area (Å²) in [6.07, 6.45) is 31.9. The molecule has 1 unspecified atom stereocenters. The Labute approximate surface area is 256 Å². The lowest BCUT2D eigenvalue weighted by atomic mass is 9.85. The molecular weight excluding hydrogens is 508 g/mol. The van der Waals surface area contributed by atoms with Crippen molar-refractivity contribution in [2.24, 2.45) is 11.8 Å². The van der Waals surface area contributed by atoms with E-state index in [0.717, 1.165) is 50.4 Å². The van der Waals surface area contributed by atoms with Crippen molar-refractivity contribution in [1.29, 1.82) is 0 Å². The predicted octanol–water partition coefficient (Wildman–Crippen LogP) is 11.9. The highest BCUT2D eigenvalue weighted by Crippen LogP contribution is 2.25. The fourth-order valence-electron chi connectivity index (χ4n) is 5.68. The highest BCUT2D eigenvalue weighted by molar-refractivity contribution is 5.69. The average Bonchev–Trinajstić information content (AvgIpc) is 2.95. The summed E-state index contributed by atoms with van der Waals surface area (Å²) in [5.74, 6) is 1.57. The minimum absolute atomic E-state index is 0.00162. The van der Waals surface area contributed by atoms with Gasteiger partial charge in [-0.3, -0.25) is 9.59 Å². The van der Waals surface area contributed by atoms with Crippen LogP contribution in [0.25, 0.3) is 0 Å². The van der Waals surface area contributed by atoms with E-state index >= 15 is 0 Å². The predicted molar refractivity (Wildman–Crippen MR) is 176 cm³/mol. The van der Waals surface area contributed by atoms with Gasteiger partial charge >= 0.3 is 11.9 Å². The molecule has 4 nitrogen and oxygen atoms in total. The highest BCUT2D eigenvalue weighted by atomic mass is 16.5. The molecule has 0 heterocycles. The van der Waals surface area contributed by atoms with Crippen LogP contribution in [0, 0.1) is 11.8 Å². The number of rotatable bonds is 32. The molecule has 1 atom stereocenters. The van der Waals surface area contributed by atoms with Gasteiger partial charge in [0.1, 0.15) is 0 Å². The van der Waals surface area contributed by atoms with E-state index in [4.69, 9.17) is 9.47 Å². The quantitative estimate of drug-likeness (QED) is 0.0586. The van der Waals surface area contributed by atoms with Gasteiger partial charge in [0.05, 0.1) is 13.2 Å². The molecule has 0 bridgehead atoms. The summed E-state index contributed by atoms with van der Waals surface area (Å²) in [4.78, 5) is 23.8. The Morgan fingerprint density at radius 1 is 0.439 bits per heavy atom. The van der Waals surface area contributed by atoms with Crippen LogP contribution in [0.15, 0.2) is 0 Å². The van der Waals surface area contributed by atoms with Gasteiger partial charge in [0.25, 0.3) is 0 Å². The standard InChI is InChI=1S/C37H72O4/c1-5-7-9-11-13-17-24-30-36(38)40-32-26-20-15-16-22-28-35(34(3)4)29-23-19-21-27-33-41-37(39)31-25-18-14-12-10-8-6-2/h34-35H,5-33H2,1-4H3. The molecule has 0 spiro atoms. The Balaban J connectivity index is 3.55. The number of hydrogen-bond donors (Lipinski definition) is 0. The van der Waals surface area contributed by atoms with Gasteiger partial charge in [0.15, 0.2) is 0 Å². The summed E-state index contributed by atoms with van der Waals surface area (Å²) in [6, 6.07) is 0. The second kappa shape index (κ2) is 31.9. The number of carbonyl (C=O) groups is 2. The Bertz CT molecular complexity index is 559. The highest BCUT2D eigenvalue weighted by Gasteiger charge is 2.13. The van der Waals surface area contributed by atoms with E-state index in [0.29, 0.717) is 26.1 Å². The third-order valence-electron chi connectivity index (χ3n) is 8.63. The molecule has 41 heavy (non-hydrogen) atoms. The van der Waals surface area contributed by atoms with Crippen LogP contribution < -0.4 is 0 Å². The van der Waals surface area contributed by atoms with Crippen LogP contribution in [0.1, 0.15) is 201 Å². The van der Waals surface area contributed by atoms with Crippen LogP contribution in [-0.4, -0.2) is 25.2 Å². The molecule has 4 heteroatoms.